The van der Waals surface area contributed by atoms with Crippen molar-refractivity contribution in [2.75, 3.05) is 7.11 Å². The van der Waals surface area contributed by atoms with E-state index in [0.29, 0.717) is 0 Å². The van der Waals surface area contributed by atoms with Crippen LogP contribution in [0.25, 0.3) is 0 Å². The highest BCUT2D eigenvalue weighted by Crippen LogP contribution is 2.40. The molecule has 88 valence electrons. The molecule has 1 aromatic carbocycles. The van der Waals surface area contributed by atoms with E-state index in [1.807, 2.05) is 0 Å². The number of benzene rings is 1. The third-order valence-corrected chi connectivity index (χ3v) is 2.77. The number of carboxylic acids is 1. The Balaban J connectivity index is 3.50. The SMILES string of the molecule is COc1c(O)cc(Br)c(F)c1C(C)C(=O)O. The Morgan fingerprint density at radius 2 is 2.19 bits per heavy atom. The Bertz CT molecular complexity index is 433. The molecule has 4 nitrogen and oxygen atoms in total. The number of carboxylic acid groups (broad SMARTS) is 1. The van der Waals surface area contributed by atoms with Gasteiger partial charge >= 0.3 is 5.97 Å². The van der Waals surface area contributed by atoms with Gasteiger partial charge < -0.3 is 14.9 Å². The first-order chi connectivity index (χ1) is 7.40. The number of ether oxygens (including phenoxy) is 1. The van der Waals surface area contributed by atoms with Gasteiger partial charge in [-0.05, 0) is 22.9 Å². The minimum Gasteiger partial charge on any atom is -0.504 e. The molecule has 0 fully saturated rings. The highest BCUT2D eigenvalue weighted by Gasteiger charge is 2.26. The number of carbonyl (C=O) groups is 1. The van der Waals surface area contributed by atoms with Gasteiger partial charge in [0.25, 0.3) is 0 Å². The van der Waals surface area contributed by atoms with Crippen LogP contribution in [0.3, 0.4) is 0 Å². The Labute approximate surface area is 99.8 Å². The standard InChI is InChI=1S/C10H10BrFO4/c1-4(10(14)15)7-8(12)5(11)3-6(13)9(7)16-2/h3-4,13H,1-2H3,(H,14,15). The van der Waals surface area contributed by atoms with E-state index < -0.39 is 17.7 Å². The molecule has 0 heterocycles. The summed E-state index contributed by atoms with van der Waals surface area (Å²) in [7, 11) is 1.24. The highest BCUT2D eigenvalue weighted by atomic mass is 79.9. The normalized spacial score (nSPS) is 12.2. The van der Waals surface area contributed by atoms with Crippen LogP contribution in [0.15, 0.2) is 10.5 Å². The topological polar surface area (TPSA) is 66.8 Å². The Morgan fingerprint density at radius 1 is 1.62 bits per heavy atom. The minimum atomic E-state index is -1.20. The number of rotatable bonds is 3. The first-order valence-electron chi connectivity index (χ1n) is 4.37. The fraction of sp³-hybridized carbons (Fsp3) is 0.300. The summed E-state index contributed by atoms with van der Waals surface area (Å²) >= 11 is 2.89. The molecule has 16 heavy (non-hydrogen) atoms. The van der Waals surface area contributed by atoms with Gasteiger partial charge in [0.05, 0.1) is 17.5 Å². The van der Waals surface area contributed by atoms with Crippen molar-refractivity contribution in [3.05, 3.63) is 21.9 Å². The molecule has 2 N–H and O–H groups in total. The van der Waals surface area contributed by atoms with E-state index in [1.165, 1.54) is 14.0 Å². The van der Waals surface area contributed by atoms with E-state index in [1.54, 1.807) is 0 Å². The largest absolute Gasteiger partial charge is 0.504 e. The van der Waals surface area contributed by atoms with Crippen LogP contribution < -0.4 is 4.74 Å². The van der Waals surface area contributed by atoms with E-state index in [0.717, 1.165) is 6.07 Å². The quantitative estimate of drug-likeness (QED) is 0.898. The molecule has 1 unspecified atom stereocenters. The summed E-state index contributed by atoms with van der Waals surface area (Å²) in [5.74, 6) is -3.52. The molecule has 1 aromatic rings. The van der Waals surface area contributed by atoms with Gasteiger partial charge in [-0.15, -0.1) is 0 Å². The van der Waals surface area contributed by atoms with E-state index in [9.17, 15) is 14.3 Å². The summed E-state index contributed by atoms with van der Waals surface area (Å²) < 4.78 is 18.5. The smallest absolute Gasteiger partial charge is 0.310 e. The van der Waals surface area contributed by atoms with Gasteiger partial charge in [-0.1, -0.05) is 0 Å². The lowest BCUT2D eigenvalue weighted by atomic mass is 9.99. The summed E-state index contributed by atoms with van der Waals surface area (Å²) in [6.45, 7) is 1.31. The molecule has 0 radical (unpaired) electrons. The summed E-state index contributed by atoms with van der Waals surface area (Å²) in [4.78, 5) is 10.8. The Kier molecular flexibility index (Phi) is 3.74. The minimum absolute atomic E-state index is 0.00565. The van der Waals surface area contributed by atoms with Gasteiger partial charge in [-0.2, -0.15) is 0 Å². The number of phenolic OH excluding ortho intramolecular Hbond substituents is 1. The number of aliphatic carboxylic acids is 1. The van der Waals surface area contributed by atoms with Crippen LogP contribution in [0, 0.1) is 5.82 Å². The lowest BCUT2D eigenvalue weighted by molar-refractivity contribution is -0.138. The zero-order valence-electron chi connectivity index (χ0n) is 8.62. The molecule has 0 bridgehead atoms. The fourth-order valence-corrected chi connectivity index (χ4v) is 1.77. The fourth-order valence-electron chi connectivity index (χ4n) is 1.34. The number of hydrogen-bond acceptors (Lipinski definition) is 3. The molecule has 1 atom stereocenters. The van der Waals surface area contributed by atoms with Gasteiger partial charge in [0, 0.05) is 11.6 Å². The number of methoxy groups -OCH3 is 1. The average molecular weight is 293 g/mol. The molecule has 0 amide bonds. The lowest BCUT2D eigenvalue weighted by Crippen LogP contribution is -2.11. The second-order valence-corrected chi connectivity index (χ2v) is 4.05. The molecule has 0 aliphatic carbocycles. The average Bonchev–Trinajstić information content (AvgIpc) is 2.21. The molecule has 0 saturated heterocycles. The van der Waals surface area contributed by atoms with Crippen molar-refractivity contribution in [1.82, 2.24) is 0 Å². The van der Waals surface area contributed by atoms with Gasteiger partial charge in [0.1, 0.15) is 5.82 Å². The molecule has 6 heteroatoms. The van der Waals surface area contributed by atoms with E-state index >= 15 is 0 Å². The van der Waals surface area contributed by atoms with Crippen LogP contribution in [-0.2, 0) is 4.79 Å². The summed E-state index contributed by atoms with van der Waals surface area (Å²) in [5.41, 5.74) is -0.179. The van der Waals surface area contributed by atoms with Gasteiger partial charge in [0.15, 0.2) is 11.5 Å². The molecule has 0 aliphatic heterocycles. The zero-order chi connectivity index (χ0) is 12.5. The van der Waals surface area contributed by atoms with Crippen molar-refractivity contribution in [2.24, 2.45) is 0 Å². The predicted molar refractivity (Wildman–Crippen MR) is 58.4 cm³/mol. The van der Waals surface area contributed by atoms with Crippen molar-refractivity contribution < 1.29 is 24.1 Å². The maximum atomic E-state index is 13.7. The third-order valence-electron chi connectivity index (χ3n) is 2.19. The molecule has 0 spiro atoms. The Morgan fingerprint density at radius 3 is 2.62 bits per heavy atom. The predicted octanol–water partition coefficient (Wildman–Crippen LogP) is 2.49. The number of phenols is 1. The van der Waals surface area contributed by atoms with Crippen molar-refractivity contribution in [3.8, 4) is 11.5 Å². The van der Waals surface area contributed by atoms with Gasteiger partial charge in [-0.25, -0.2) is 4.39 Å². The second kappa shape index (κ2) is 4.69. The van der Waals surface area contributed by atoms with Crippen LogP contribution in [-0.4, -0.2) is 23.3 Å². The summed E-state index contributed by atoms with van der Waals surface area (Å²) in [6, 6.07) is 1.12. The molecule has 0 saturated carbocycles. The van der Waals surface area contributed by atoms with Crippen LogP contribution >= 0.6 is 15.9 Å². The van der Waals surface area contributed by atoms with Crippen molar-refractivity contribution in [1.29, 1.82) is 0 Å². The van der Waals surface area contributed by atoms with E-state index in [-0.39, 0.29) is 21.5 Å². The third kappa shape index (κ3) is 2.11. The molecule has 1 rings (SSSR count). The van der Waals surface area contributed by atoms with Crippen LogP contribution in [0.4, 0.5) is 4.39 Å². The molecule has 0 aromatic heterocycles. The number of aromatic hydroxyl groups is 1. The lowest BCUT2D eigenvalue weighted by Gasteiger charge is -2.15. The molecular weight excluding hydrogens is 283 g/mol. The second-order valence-electron chi connectivity index (χ2n) is 3.20. The highest BCUT2D eigenvalue weighted by molar-refractivity contribution is 9.10. The van der Waals surface area contributed by atoms with E-state index in [4.69, 9.17) is 9.84 Å². The van der Waals surface area contributed by atoms with Gasteiger partial charge in [-0.3, -0.25) is 4.79 Å². The monoisotopic (exact) mass is 292 g/mol. The van der Waals surface area contributed by atoms with Crippen molar-refractivity contribution in [3.63, 3.8) is 0 Å². The van der Waals surface area contributed by atoms with Crippen molar-refractivity contribution >= 4 is 21.9 Å². The first kappa shape index (κ1) is 12.8. The maximum Gasteiger partial charge on any atom is 0.310 e. The van der Waals surface area contributed by atoms with E-state index in [2.05, 4.69) is 15.9 Å². The molecular formula is C10H10BrFO4. The van der Waals surface area contributed by atoms with Crippen molar-refractivity contribution in [2.45, 2.75) is 12.8 Å². The van der Waals surface area contributed by atoms with Crippen LogP contribution in [0.2, 0.25) is 0 Å². The van der Waals surface area contributed by atoms with Crippen LogP contribution in [0.1, 0.15) is 18.4 Å². The summed E-state index contributed by atoms with van der Waals surface area (Å²) in [5, 5.41) is 18.4. The molecule has 0 aliphatic rings. The Hall–Kier alpha value is -1.30. The number of hydrogen-bond donors (Lipinski definition) is 2. The van der Waals surface area contributed by atoms with Crippen LogP contribution in [0.5, 0.6) is 11.5 Å². The summed E-state index contributed by atoms with van der Waals surface area (Å²) in [6.07, 6.45) is 0. The first-order valence-corrected chi connectivity index (χ1v) is 5.17. The zero-order valence-corrected chi connectivity index (χ0v) is 10.2. The number of halogens is 2. The maximum absolute atomic E-state index is 13.7. The van der Waals surface area contributed by atoms with Gasteiger partial charge in [0.2, 0.25) is 0 Å².